The molecule has 1 rings (SSSR count). The van der Waals surface area contributed by atoms with Crippen LogP contribution in [0.2, 0.25) is 0 Å². The number of nitrogens with two attached hydrogens (primary N) is 1. The van der Waals surface area contributed by atoms with Crippen molar-refractivity contribution in [2.24, 2.45) is 5.73 Å². The van der Waals surface area contributed by atoms with E-state index in [4.69, 9.17) is 5.73 Å². The van der Waals surface area contributed by atoms with Crippen LogP contribution < -0.4 is 5.73 Å². The van der Waals surface area contributed by atoms with Crippen molar-refractivity contribution in [1.29, 1.82) is 0 Å². The first-order chi connectivity index (χ1) is 7.04. The Morgan fingerprint density at radius 1 is 1.27 bits per heavy atom. The van der Waals surface area contributed by atoms with Crippen molar-refractivity contribution in [3.8, 4) is 0 Å². The number of nitrogens with zero attached hydrogens (tertiary/aromatic N) is 1. The van der Waals surface area contributed by atoms with Gasteiger partial charge in [0.25, 0.3) is 0 Å². The maximum Gasteiger partial charge on any atom is 0.130 e. The predicted octanol–water partition coefficient (Wildman–Crippen LogP) is 1.66. The van der Waals surface area contributed by atoms with E-state index in [9.17, 15) is 8.78 Å². The van der Waals surface area contributed by atoms with Gasteiger partial charge in [0.2, 0.25) is 0 Å². The van der Waals surface area contributed by atoms with Crippen molar-refractivity contribution in [2.75, 3.05) is 20.1 Å². The highest BCUT2D eigenvalue weighted by molar-refractivity contribution is 5.25. The summed E-state index contributed by atoms with van der Waals surface area (Å²) in [5.41, 5.74) is 6.35. The molecule has 0 radical (unpaired) electrons. The number of halogens is 2. The summed E-state index contributed by atoms with van der Waals surface area (Å²) < 4.78 is 26.3. The van der Waals surface area contributed by atoms with E-state index in [0.29, 0.717) is 30.8 Å². The number of hydrogen-bond acceptors (Lipinski definition) is 2. The Morgan fingerprint density at radius 3 is 2.53 bits per heavy atom. The van der Waals surface area contributed by atoms with E-state index >= 15 is 0 Å². The Labute approximate surface area is 88.7 Å². The highest BCUT2D eigenvalue weighted by Gasteiger charge is 2.08. The second-order valence-corrected chi connectivity index (χ2v) is 3.72. The van der Waals surface area contributed by atoms with E-state index < -0.39 is 11.6 Å². The normalized spacial score (nSPS) is 11.1. The molecule has 0 atom stereocenters. The van der Waals surface area contributed by atoms with Crippen LogP contribution in [-0.4, -0.2) is 25.0 Å². The standard InChI is InChI=1S/C11H16F2N2/c1-8-5-9(7-15(2)4-3-14)11(13)6-10(8)12/h5-6H,3-4,7,14H2,1-2H3. The minimum absolute atomic E-state index is 0.449. The number of benzene rings is 1. The molecule has 0 saturated carbocycles. The lowest BCUT2D eigenvalue weighted by molar-refractivity contribution is 0.329. The van der Waals surface area contributed by atoms with Crippen molar-refractivity contribution in [3.63, 3.8) is 0 Å². The Morgan fingerprint density at radius 2 is 1.93 bits per heavy atom. The summed E-state index contributed by atoms with van der Waals surface area (Å²) in [5.74, 6) is -1.00. The van der Waals surface area contributed by atoms with Crippen LogP contribution in [0, 0.1) is 18.6 Å². The van der Waals surface area contributed by atoms with E-state index in [1.807, 2.05) is 11.9 Å². The van der Waals surface area contributed by atoms with Crippen molar-refractivity contribution in [3.05, 3.63) is 34.9 Å². The van der Waals surface area contributed by atoms with Crippen molar-refractivity contribution < 1.29 is 8.78 Å². The Hall–Kier alpha value is -1.00. The minimum atomic E-state index is -0.502. The zero-order chi connectivity index (χ0) is 11.4. The fraction of sp³-hybridized carbons (Fsp3) is 0.455. The molecule has 0 aliphatic carbocycles. The third kappa shape index (κ3) is 3.25. The van der Waals surface area contributed by atoms with Crippen LogP contribution in [0.25, 0.3) is 0 Å². The van der Waals surface area contributed by atoms with Gasteiger partial charge in [-0.1, -0.05) is 0 Å². The van der Waals surface area contributed by atoms with E-state index in [1.165, 1.54) is 6.07 Å². The first kappa shape index (κ1) is 12.1. The number of aryl methyl sites for hydroxylation is 1. The van der Waals surface area contributed by atoms with Crippen LogP contribution in [0.4, 0.5) is 8.78 Å². The summed E-state index contributed by atoms with van der Waals surface area (Å²) in [4.78, 5) is 1.90. The van der Waals surface area contributed by atoms with Crippen LogP contribution in [0.3, 0.4) is 0 Å². The summed E-state index contributed by atoms with van der Waals surface area (Å²) >= 11 is 0. The molecule has 4 heteroatoms. The van der Waals surface area contributed by atoms with Gasteiger partial charge in [0.1, 0.15) is 11.6 Å². The first-order valence-corrected chi connectivity index (χ1v) is 4.87. The Kier molecular flexibility index (Phi) is 4.17. The molecule has 0 bridgehead atoms. The second-order valence-electron chi connectivity index (χ2n) is 3.72. The summed E-state index contributed by atoms with van der Waals surface area (Å²) in [6.45, 7) is 3.29. The maximum absolute atomic E-state index is 13.3. The summed E-state index contributed by atoms with van der Waals surface area (Å²) in [6.07, 6.45) is 0. The van der Waals surface area contributed by atoms with Gasteiger partial charge >= 0.3 is 0 Å². The van der Waals surface area contributed by atoms with Gasteiger partial charge in [-0.15, -0.1) is 0 Å². The third-order valence-corrected chi connectivity index (χ3v) is 2.28. The molecule has 15 heavy (non-hydrogen) atoms. The monoisotopic (exact) mass is 214 g/mol. The maximum atomic E-state index is 13.3. The molecule has 0 spiro atoms. The van der Waals surface area contributed by atoms with Gasteiger partial charge in [0.15, 0.2) is 0 Å². The number of rotatable bonds is 4. The van der Waals surface area contributed by atoms with Crippen LogP contribution in [0.1, 0.15) is 11.1 Å². The first-order valence-electron chi connectivity index (χ1n) is 4.87. The van der Waals surface area contributed by atoms with Gasteiger partial charge in [-0.25, -0.2) is 8.78 Å². The SMILES string of the molecule is Cc1cc(CN(C)CCN)c(F)cc1F. The highest BCUT2D eigenvalue weighted by Crippen LogP contribution is 2.15. The lowest BCUT2D eigenvalue weighted by atomic mass is 10.1. The highest BCUT2D eigenvalue weighted by atomic mass is 19.1. The van der Waals surface area contributed by atoms with Crippen LogP contribution in [-0.2, 0) is 6.54 Å². The third-order valence-electron chi connectivity index (χ3n) is 2.28. The molecule has 0 aliphatic rings. The van der Waals surface area contributed by atoms with E-state index in [1.54, 1.807) is 6.92 Å². The molecular formula is C11H16F2N2. The van der Waals surface area contributed by atoms with Gasteiger partial charge in [0.05, 0.1) is 0 Å². The van der Waals surface area contributed by atoms with Gasteiger partial charge in [0, 0.05) is 31.3 Å². The zero-order valence-corrected chi connectivity index (χ0v) is 9.06. The van der Waals surface area contributed by atoms with Crippen LogP contribution in [0.15, 0.2) is 12.1 Å². The molecule has 0 amide bonds. The lowest BCUT2D eigenvalue weighted by Gasteiger charge is -2.16. The second kappa shape index (κ2) is 5.19. The molecule has 0 unspecified atom stereocenters. The van der Waals surface area contributed by atoms with Crippen LogP contribution in [0.5, 0.6) is 0 Å². The largest absolute Gasteiger partial charge is 0.329 e. The molecule has 0 fully saturated rings. The van der Waals surface area contributed by atoms with E-state index in [0.717, 1.165) is 6.07 Å². The minimum Gasteiger partial charge on any atom is -0.329 e. The molecule has 1 aromatic carbocycles. The van der Waals surface area contributed by atoms with Crippen LogP contribution >= 0.6 is 0 Å². The summed E-state index contributed by atoms with van der Waals surface area (Å²) in [5, 5.41) is 0. The Bertz CT molecular complexity index is 340. The smallest absolute Gasteiger partial charge is 0.130 e. The molecule has 1 aromatic rings. The average molecular weight is 214 g/mol. The molecule has 0 saturated heterocycles. The van der Waals surface area contributed by atoms with Crippen molar-refractivity contribution in [2.45, 2.75) is 13.5 Å². The van der Waals surface area contributed by atoms with Gasteiger partial charge in [-0.2, -0.15) is 0 Å². The van der Waals surface area contributed by atoms with E-state index in [2.05, 4.69) is 0 Å². The molecular weight excluding hydrogens is 198 g/mol. The quantitative estimate of drug-likeness (QED) is 0.826. The predicted molar refractivity (Wildman–Crippen MR) is 56.5 cm³/mol. The topological polar surface area (TPSA) is 29.3 Å². The summed E-state index contributed by atoms with van der Waals surface area (Å²) in [7, 11) is 1.85. The molecule has 0 aromatic heterocycles. The average Bonchev–Trinajstić information content (AvgIpc) is 2.14. The fourth-order valence-corrected chi connectivity index (χ4v) is 1.43. The Balaban J connectivity index is 2.81. The number of hydrogen-bond donors (Lipinski definition) is 1. The van der Waals surface area contributed by atoms with Crippen molar-refractivity contribution >= 4 is 0 Å². The van der Waals surface area contributed by atoms with Gasteiger partial charge in [-0.05, 0) is 25.6 Å². The molecule has 84 valence electrons. The summed E-state index contributed by atoms with van der Waals surface area (Å²) in [6, 6.07) is 2.47. The van der Waals surface area contributed by atoms with Gasteiger partial charge < -0.3 is 10.6 Å². The number of likely N-dealkylation sites (N-methyl/N-ethyl adjacent to an activating group) is 1. The molecule has 0 aliphatic heterocycles. The molecule has 2 nitrogen and oxygen atoms in total. The molecule has 0 heterocycles. The van der Waals surface area contributed by atoms with Crippen molar-refractivity contribution in [1.82, 2.24) is 4.90 Å². The fourth-order valence-electron chi connectivity index (χ4n) is 1.43. The van der Waals surface area contributed by atoms with E-state index in [-0.39, 0.29) is 0 Å². The van der Waals surface area contributed by atoms with Gasteiger partial charge in [-0.3, -0.25) is 0 Å². The molecule has 2 N–H and O–H groups in total. The lowest BCUT2D eigenvalue weighted by Crippen LogP contribution is -2.25. The zero-order valence-electron chi connectivity index (χ0n) is 9.06.